The third-order valence-electron chi connectivity index (χ3n) is 2.92. The van der Waals surface area contributed by atoms with Crippen molar-refractivity contribution in [1.82, 2.24) is 5.32 Å². The van der Waals surface area contributed by atoms with Gasteiger partial charge in [-0.1, -0.05) is 11.6 Å². The van der Waals surface area contributed by atoms with Gasteiger partial charge in [-0.2, -0.15) is 0 Å². The van der Waals surface area contributed by atoms with Crippen LogP contribution in [0.3, 0.4) is 0 Å². The monoisotopic (exact) mass is 316 g/mol. The summed E-state index contributed by atoms with van der Waals surface area (Å²) in [5.74, 6) is -0.342. The Bertz CT molecular complexity index is 537. The summed E-state index contributed by atoms with van der Waals surface area (Å²) in [4.78, 5) is 22.1. The molecular weight excluding hydrogens is 300 g/mol. The third-order valence-corrected chi connectivity index (χ3v) is 3.23. The number of nitrogens with zero attached hydrogens (tertiary/aromatic N) is 1. The van der Waals surface area contributed by atoms with Crippen molar-refractivity contribution in [2.24, 2.45) is 0 Å². The Morgan fingerprint density at radius 3 is 2.71 bits per heavy atom. The fourth-order valence-electron chi connectivity index (χ4n) is 1.46. The van der Waals surface area contributed by atoms with Crippen LogP contribution in [-0.2, 0) is 9.53 Å². The van der Waals surface area contributed by atoms with Crippen molar-refractivity contribution in [3.05, 3.63) is 33.3 Å². The number of benzene rings is 1. The van der Waals surface area contributed by atoms with Crippen LogP contribution in [0.15, 0.2) is 18.2 Å². The molecule has 1 N–H and O–H groups in total. The van der Waals surface area contributed by atoms with Gasteiger partial charge in [-0.15, -0.1) is 0 Å². The summed E-state index contributed by atoms with van der Waals surface area (Å²) < 4.78 is 10.4. The molecule has 1 aromatic carbocycles. The molecule has 1 atom stereocenters. The standard InChI is InChI=1S/C13H17ClN2O5/c1-4-20-12(17)13(2,15-3)8-21-11-7-9(16(18)19)5-6-10(11)14/h5-7,15H,4,8H2,1-3H3. The van der Waals surface area contributed by atoms with Crippen molar-refractivity contribution in [1.29, 1.82) is 0 Å². The molecule has 116 valence electrons. The van der Waals surface area contributed by atoms with Crippen molar-refractivity contribution < 1.29 is 19.2 Å². The number of hydrogen-bond acceptors (Lipinski definition) is 6. The van der Waals surface area contributed by atoms with Crippen LogP contribution in [0.2, 0.25) is 5.02 Å². The Morgan fingerprint density at radius 1 is 1.52 bits per heavy atom. The quantitative estimate of drug-likeness (QED) is 0.471. The van der Waals surface area contributed by atoms with E-state index in [1.54, 1.807) is 20.9 Å². The first-order valence-corrected chi connectivity index (χ1v) is 6.64. The molecule has 0 spiro atoms. The van der Waals surface area contributed by atoms with Crippen LogP contribution >= 0.6 is 11.6 Å². The smallest absolute Gasteiger partial charge is 0.329 e. The number of nitro benzene ring substituents is 1. The second-order valence-electron chi connectivity index (χ2n) is 4.46. The summed E-state index contributed by atoms with van der Waals surface area (Å²) in [6, 6.07) is 3.86. The summed E-state index contributed by atoms with van der Waals surface area (Å²) >= 11 is 5.93. The van der Waals surface area contributed by atoms with E-state index in [-0.39, 0.29) is 29.7 Å². The van der Waals surface area contributed by atoms with E-state index in [1.165, 1.54) is 18.2 Å². The molecule has 0 fully saturated rings. The van der Waals surface area contributed by atoms with Crippen LogP contribution in [0.25, 0.3) is 0 Å². The van der Waals surface area contributed by atoms with Crippen molar-refractivity contribution in [2.45, 2.75) is 19.4 Å². The van der Waals surface area contributed by atoms with Gasteiger partial charge in [0.25, 0.3) is 5.69 Å². The fraction of sp³-hybridized carbons (Fsp3) is 0.462. The number of rotatable bonds is 7. The molecule has 0 aliphatic rings. The minimum atomic E-state index is -1.08. The van der Waals surface area contributed by atoms with E-state index in [0.29, 0.717) is 0 Å². The van der Waals surface area contributed by atoms with E-state index in [0.717, 1.165) is 0 Å². The van der Waals surface area contributed by atoms with Crippen LogP contribution in [0.1, 0.15) is 13.8 Å². The number of hydrogen-bond donors (Lipinski definition) is 1. The highest BCUT2D eigenvalue weighted by atomic mass is 35.5. The van der Waals surface area contributed by atoms with E-state index in [2.05, 4.69) is 5.32 Å². The highest BCUT2D eigenvalue weighted by Gasteiger charge is 2.34. The third kappa shape index (κ3) is 4.30. The second kappa shape index (κ2) is 7.24. The van der Waals surface area contributed by atoms with Crippen LogP contribution in [0.5, 0.6) is 5.75 Å². The highest BCUT2D eigenvalue weighted by molar-refractivity contribution is 6.32. The molecule has 0 aliphatic heterocycles. The van der Waals surface area contributed by atoms with Crippen molar-refractivity contribution >= 4 is 23.3 Å². The van der Waals surface area contributed by atoms with Gasteiger partial charge in [-0.05, 0) is 27.0 Å². The lowest BCUT2D eigenvalue weighted by Crippen LogP contribution is -2.53. The van der Waals surface area contributed by atoms with E-state index in [9.17, 15) is 14.9 Å². The number of halogens is 1. The largest absolute Gasteiger partial charge is 0.489 e. The van der Waals surface area contributed by atoms with Crippen molar-refractivity contribution in [2.75, 3.05) is 20.3 Å². The maximum atomic E-state index is 11.9. The maximum absolute atomic E-state index is 11.9. The van der Waals surface area contributed by atoms with Crippen LogP contribution in [0.4, 0.5) is 5.69 Å². The molecule has 1 unspecified atom stereocenters. The lowest BCUT2D eigenvalue weighted by Gasteiger charge is -2.26. The zero-order valence-electron chi connectivity index (χ0n) is 12.0. The maximum Gasteiger partial charge on any atom is 0.329 e. The molecule has 7 nitrogen and oxygen atoms in total. The molecule has 1 rings (SSSR count). The van der Waals surface area contributed by atoms with Gasteiger partial charge < -0.3 is 14.8 Å². The van der Waals surface area contributed by atoms with Gasteiger partial charge in [-0.3, -0.25) is 10.1 Å². The normalized spacial score (nSPS) is 13.3. The number of carbonyl (C=O) groups is 1. The zero-order valence-corrected chi connectivity index (χ0v) is 12.8. The lowest BCUT2D eigenvalue weighted by molar-refractivity contribution is -0.384. The molecule has 21 heavy (non-hydrogen) atoms. The number of nitro groups is 1. The van der Waals surface area contributed by atoms with Gasteiger partial charge in [0.05, 0.1) is 22.6 Å². The average Bonchev–Trinajstić information content (AvgIpc) is 2.46. The zero-order chi connectivity index (χ0) is 16.0. The van der Waals surface area contributed by atoms with E-state index < -0.39 is 16.4 Å². The van der Waals surface area contributed by atoms with Crippen LogP contribution in [0, 0.1) is 10.1 Å². The first-order valence-electron chi connectivity index (χ1n) is 6.27. The van der Waals surface area contributed by atoms with Gasteiger partial charge in [0.1, 0.15) is 17.9 Å². The van der Waals surface area contributed by atoms with E-state index in [4.69, 9.17) is 21.1 Å². The Hall–Kier alpha value is -1.86. The molecule has 0 saturated heterocycles. The Labute approximate surface area is 127 Å². The van der Waals surface area contributed by atoms with Crippen molar-refractivity contribution in [3.63, 3.8) is 0 Å². The lowest BCUT2D eigenvalue weighted by atomic mass is 10.1. The van der Waals surface area contributed by atoms with Crippen LogP contribution in [-0.4, -0.2) is 36.7 Å². The molecule has 0 amide bonds. The van der Waals surface area contributed by atoms with Crippen molar-refractivity contribution in [3.8, 4) is 5.75 Å². The number of ether oxygens (including phenoxy) is 2. The fourth-order valence-corrected chi connectivity index (χ4v) is 1.63. The summed E-state index contributed by atoms with van der Waals surface area (Å²) in [5, 5.41) is 13.8. The average molecular weight is 317 g/mol. The van der Waals surface area contributed by atoms with Gasteiger partial charge in [-0.25, -0.2) is 4.79 Å². The minimum absolute atomic E-state index is 0.0801. The SMILES string of the molecule is CCOC(=O)C(C)(COc1cc([N+](=O)[O-])ccc1Cl)NC. The Morgan fingerprint density at radius 2 is 2.19 bits per heavy atom. The topological polar surface area (TPSA) is 90.7 Å². The Kier molecular flexibility index (Phi) is 5.92. The molecule has 0 aromatic heterocycles. The minimum Gasteiger partial charge on any atom is -0.489 e. The summed E-state index contributed by atoms with van der Waals surface area (Å²) in [5.41, 5.74) is -1.22. The van der Waals surface area contributed by atoms with E-state index in [1.807, 2.05) is 0 Å². The van der Waals surface area contributed by atoms with E-state index >= 15 is 0 Å². The van der Waals surface area contributed by atoms with Gasteiger partial charge >= 0.3 is 5.97 Å². The number of carbonyl (C=O) groups excluding carboxylic acids is 1. The summed E-state index contributed by atoms with van der Waals surface area (Å²) in [6.07, 6.45) is 0. The summed E-state index contributed by atoms with van der Waals surface area (Å²) in [6.45, 7) is 3.47. The highest BCUT2D eigenvalue weighted by Crippen LogP contribution is 2.29. The molecule has 0 bridgehead atoms. The predicted molar refractivity (Wildman–Crippen MR) is 77.7 cm³/mol. The first kappa shape index (κ1) is 17.2. The molecule has 0 aliphatic carbocycles. The number of nitrogens with one attached hydrogen (secondary N) is 1. The van der Waals surface area contributed by atoms with Gasteiger partial charge in [0, 0.05) is 6.07 Å². The van der Waals surface area contributed by atoms with Gasteiger partial charge in [0.15, 0.2) is 0 Å². The molecule has 0 radical (unpaired) electrons. The van der Waals surface area contributed by atoms with Gasteiger partial charge in [0.2, 0.25) is 0 Å². The molecular formula is C13H17ClN2O5. The molecule has 1 aromatic rings. The second-order valence-corrected chi connectivity index (χ2v) is 4.87. The molecule has 0 saturated carbocycles. The number of likely N-dealkylation sites (N-methyl/N-ethyl adjacent to an activating group) is 1. The summed E-state index contributed by atoms with van der Waals surface area (Å²) in [7, 11) is 1.59. The first-order chi connectivity index (χ1) is 9.84. The predicted octanol–water partition coefficient (Wildman–Crippen LogP) is 2.17. The van der Waals surface area contributed by atoms with Crippen LogP contribution < -0.4 is 10.1 Å². The molecule has 8 heteroatoms. The molecule has 0 heterocycles. The number of non-ortho nitro benzene ring substituents is 1. The Balaban J connectivity index is 2.88. The number of esters is 1.